The summed E-state index contributed by atoms with van der Waals surface area (Å²) in [5.74, 6) is -0.579. The van der Waals surface area contributed by atoms with Crippen molar-refractivity contribution in [2.24, 2.45) is 0 Å². The molecular weight excluding hydrogens is 453 g/mol. The molecule has 4 aromatic carbocycles. The predicted molar refractivity (Wildman–Crippen MR) is 143 cm³/mol. The van der Waals surface area contributed by atoms with Crippen molar-refractivity contribution in [3.8, 4) is 0 Å². The summed E-state index contributed by atoms with van der Waals surface area (Å²) in [6.45, 7) is 4.11. The molecule has 0 amide bonds. The fourth-order valence-electron chi connectivity index (χ4n) is 4.22. The van der Waals surface area contributed by atoms with E-state index in [-0.39, 0.29) is 12.0 Å². The fraction of sp³-hybridized carbons (Fsp3) is 0.100. The second-order valence-corrected chi connectivity index (χ2v) is 10.7. The van der Waals surface area contributed by atoms with Gasteiger partial charge < -0.3 is 4.74 Å². The summed E-state index contributed by atoms with van der Waals surface area (Å²) in [4.78, 5) is 12.0. The summed E-state index contributed by atoms with van der Waals surface area (Å²) < 4.78 is 19.7. The third-order valence-corrected chi connectivity index (χ3v) is 8.74. The number of hydrogen-bond acceptors (Lipinski definition) is 3. The number of carbonyl (C=O) groups excluding carboxylic acids is 1. The maximum Gasteiger partial charge on any atom is 0.337 e. The largest absolute Gasteiger partial charge is 0.465 e. The van der Waals surface area contributed by atoms with Crippen LogP contribution in [0.4, 0.5) is 0 Å². The highest BCUT2D eigenvalue weighted by Crippen LogP contribution is 2.45. The molecule has 0 spiro atoms. The number of nitrogens with one attached hydrogen (secondary N) is 1. The summed E-state index contributed by atoms with van der Waals surface area (Å²) in [5, 5.41) is 5.00. The fourth-order valence-corrected chi connectivity index (χ4v) is 6.70. The summed E-state index contributed by atoms with van der Waals surface area (Å²) in [6.07, 6.45) is 1.88. The Hall–Kier alpha value is -3.72. The van der Waals surface area contributed by atoms with Crippen LogP contribution in [0.1, 0.15) is 33.4 Å². The minimum absolute atomic E-state index is 0.180. The van der Waals surface area contributed by atoms with Crippen molar-refractivity contribution >= 4 is 23.9 Å². The second-order valence-electron chi connectivity index (χ2n) is 8.17. The monoisotopic (exact) mass is 481 g/mol. The van der Waals surface area contributed by atoms with Crippen molar-refractivity contribution in [1.29, 1.82) is 0 Å². The normalized spacial score (nSPS) is 12.9. The first-order valence-corrected chi connectivity index (χ1v) is 13.1. The Labute approximate surface area is 206 Å². The van der Waals surface area contributed by atoms with Gasteiger partial charge in [-0.15, -0.1) is 6.58 Å². The third-order valence-electron chi connectivity index (χ3n) is 6.05. The van der Waals surface area contributed by atoms with Crippen molar-refractivity contribution in [3.63, 3.8) is 0 Å². The van der Waals surface area contributed by atoms with Gasteiger partial charge in [-0.25, -0.2) is 4.79 Å². The molecule has 0 aliphatic carbocycles. The molecule has 0 bridgehead atoms. The lowest BCUT2D eigenvalue weighted by Gasteiger charge is -2.32. The molecule has 0 saturated heterocycles. The molecule has 4 nitrogen and oxygen atoms in total. The van der Waals surface area contributed by atoms with Crippen LogP contribution in [-0.4, -0.2) is 13.1 Å². The van der Waals surface area contributed by atoms with Crippen LogP contribution in [0.15, 0.2) is 128 Å². The Balaban J connectivity index is 1.86. The average molecular weight is 482 g/mol. The number of esters is 1. The molecular formula is C30H28NO3P. The number of hydrogen-bond donors (Lipinski definition) is 1. The minimum atomic E-state index is -3.26. The van der Waals surface area contributed by atoms with Crippen LogP contribution in [0.2, 0.25) is 0 Å². The van der Waals surface area contributed by atoms with E-state index in [1.165, 1.54) is 7.11 Å². The zero-order valence-electron chi connectivity index (χ0n) is 19.6. The summed E-state index contributed by atoms with van der Waals surface area (Å²) >= 11 is 0. The first-order chi connectivity index (χ1) is 17.1. The zero-order valence-corrected chi connectivity index (χ0v) is 20.5. The van der Waals surface area contributed by atoms with Crippen LogP contribution >= 0.6 is 7.29 Å². The maximum atomic E-state index is 14.9. The van der Waals surface area contributed by atoms with Gasteiger partial charge in [-0.1, -0.05) is 84.9 Å². The van der Waals surface area contributed by atoms with E-state index in [0.29, 0.717) is 5.56 Å². The van der Waals surface area contributed by atoms with Gasteiger partial charge in [0.25, 0.3) is 0 Å². The molecule has 5 heteroatoms. The third kappa shape index (κ3) is 5.35. The quantitative estimate of drug-likeness (QED) is 0.181. The van der Waals surface area contributed by atoms with Gasteiger partial charge in [0.05, 0.1) is 12.7 Å². The van der Waals surface area contributed by atoms with Crippen molar-refractivity contribution in [3.05, 3.63) is 145 Å². The molecule has 0 aliphatic rings. The zero-order chi connectivity index (χ0) is 24.7. The van der Waals surface area contributed by atoms with Gasteiger partial charge in [-0.05, 0) is 47.5 Å². The smallest absolute Gasteiger partial charge is 0.337 e. The number of methoxy groups -OCH3 is 1. The number of benzene rings is 4. The standard InChI is InChI=1S/C30H28NO3P/c1-3-28(23-13-7-4-8-14-23)29(24-19-21-25(22-20-24)30(32)34-2)31-35(33,26-15-9-5-10-16-26)27-17-11-6-12-18-27/h3-22,28-29H,1H2,2H3,(H,31,33)/t28-,29+/m0/s1. The molecule has 4 rings (SSSR count). The van der Waals surface area contributed by atoms with Gasteiger partial charge in [0.1, 0.15) is 0 Å². The van der Waals surface area contributed by atoms with Crippen molar-refractivity contribution in [2.45, 2.75) is 12.0 Å². The number of carbonyl (C=O) groups is 1. The van der Waals surface area contributed by atoms with Crippen LogP contribution in [0, 0.1) is 0 Å². The van der Waals surface area contributed by atoms with Crippen LogP contribution in [0.3, 0.4) is 0 Å². The Morgan fingerprint density at radius 3 is 1.71 bits per heavy atom. The first-order valence-electron chi connectivity index (χ1n) is 11.4. The van der Waals surface area contributed by atoms with Gasteiger partial charge in [-0.2, -0.15) is 0 Å². The van der Waals surface area contributed by atoms with Crippen molar-refractivity contribution < 1.29 is 14.1 Å². The van der Waals surface area contributed by atoms with Gasteiger partial charge in [-0.3, -0.25) is 9.65 Å². The Kier molecular flexibility index (Phi) is 7.77. The number of ether oxygens (including phenoxy) is 1. The topological polar surface area (TPSA) is 55.4 Å². The molecule has 0 aliphatic heterocycles. The van der Waals surface area contributed by atoms with E-state index >= 15 is 0 Å². The highest BCUT2D eigenvalue weighted by molar-refractivity contribution is 7.76. The van der Waals surface area contributed by atoms with Gasteiger partial charge >= 0.3 is 5.97 Å². The molecule has 0 aromatic heterocycles. The van der Waals surface area contributed by atoms with Crippen molar-refractivity contribution in [2.75, 3.05) is 7.11 Å². The van der Waals surface area contributed by atoms with Gasteiger partial charge in [0.2, 0.25) is 7.29 Å². The van der Waals surface area contributed by atoms with E-state index in [9.17, 15) is 9.36 Å². The van der Waals surface area contributed by atoms with Gasteiger partial charge in [0.15, 0.2) is 0 Å². The predicted octanol–water partition coefficient (Wildman–Crippen LogP) is 6.00. The lowest BCUT2D eigenvalue weighted by Crippen LogP contribution is -2.33. The van der Waals surface area contributed by atoms with Crippen LogP contribution < -0.4 is 15.7 Å². The molecule has 0 radical (unpaired) electrons. The van der Waals surface area contributed by atoms with E-state index in [1.807, 2.05) is 109 Å². The van der Waals surface area contributed by atoms with E-state index < -0.39 is 13.3 Å². The molecule has 176 valence electrons. The lowest BCUT2D eigenvalue weighted by molar-refractivity contribution is 0.0600. The molecule has 35 heavy (non-hydrogen) atoms. The highest BCUT2D eigenvalue weighted by atomic mass is 31.2. The van der Waals surface area contributed by atoms with E-state index in [2.05, 4.69) is 11.7 Å². The maximum absolute atomic E-state index is 14.9. The number of rotatable bonds is 9. The summed E-state index contributed by atoms with van der Waals surface area (Å²) in [5.41, 5.74) is 2.39. The van der Waals surface area contributed by atoms with Gasteiger partial charge in [0, 0.05) is 22.6 Å². The molecule has 1 N–H and O–H groups in total. The lowest BCUT2D eigenvalue weighted by atomic mass is 9.87. The average Bonchev–Trinajstić information content (AvgIpc) is 2.94. The second kappa shape index (κ2) is 11.1. The molecule has 2 atom stereocenters. The Bertz CT molecular complexity index is 1260. The Morgan fingerprint density at radius 1 is 0.771 bits per heavy atom. The molecule has 0 saturated carbocycles. The van der Waals surface area contributed by atoms with E-state index in [0.717, 1.165) is 21.7 Å². The van der Waals surface area contributed by atoms with E-state index in [4.69, 9.17) is 4.74 Å². The molecule has 0 heterocycles. The van der Waals surface area contributed by atoms with E-state index in [1.54, 1.807) is 12.1 Å². The molecule has 0 fully saturated rings. The van der Waals surface area contributed by atoms with Crippen molar-refractivity contribution in [1.82, 2.24) is 5.09 Å². The summed E-state index contributed by atoms with van der Waals surface area (Å²) in [7, 11) is -1.90. The molecule has 0 unspecified atom stereocenters. The SMILES string of the molecule is C=C[C@@H](c1ccccc1)[C@H](NP(=O)(c1ccccc1)c1ccccc1)c1ccc(C(=O)OC)cc1. The van der Waals surface area contributed by atoms with Crippen LogP contribution in [0.25, 0.3) is 0 Å². The minimum Gasteiger partial charge on any atom is -0.465 e. The highest BCUT2D eigenvalue weighted by Gasteiger charge is 2.34. The van der Waals surface area contributed by atoms with Crippen LogP contribution in [-0.2, 0) is 9.30 Å². The van der Waals surface area contributed by atoms with Crippen LogP contribution in [0.5, 0.6) is 0 Å². The Morgan fingerprint density at radius 2 is 1.26 bits per heavy atom. The molecule has 4 aromatic rings. The first kappa shape index (κ1) is 24.4. The summed E-state index contributed by atoms with van der Waals surface area (Å²) in [6, 6.07) is 35.9.